The van der Waals surface area contributed by atoms with Crippen molar-refractivity contribution in [1.82, 2.24) is 10.6 Å². The summed E-state index contributed by atoms with van der Waals surface area (Å²) in [5, 5.41) is 5.85. The van der Waals surface area contributed by atoms with Gasteiger partial charge in [-0.15, -0.1) is 6.42 Å². The molecule has 0 aliphatic heterocycles. The second-order valence-electron chi connectivity index (χ2n) is 3.45. The van der Waals surface area contributed by atoms with Crippen molar-refractivity contribution in [3.63, 3.8) is 0 Å². The maximum absolute atomic E-state index is 11.1. The van der Waals surface area contributed by atoms with Crippen LogP contribution < -0.4 is 10.6 Å². The molecule has 3 nitrogen and oxygen atoms in total. The zero-order valence-electron chi connectivity index (χ0n) is 9.10. The molecule has 0 aromatic rings. The molecule has 0 fully saturated rings. The molecular formula is C11H20N2O. The third-order valence-electron chi connectivity index (χ3n) is 2.11. The monoisotopic (exact) mass is 196 g/mol. The van der Waals surface area contributed by atoms with Gasteiger partial charge in [0.15, 0.2) is 0 Å². The highest BCUT2D eigenvalue weighted by Crippen LogP contribution is 1.96. The molecule has 0 aromatic carbocycles. The first-order valence-electron chi connectivity index (χ1n) is 5.11. The number of hydrogen-bond acceptors (Lipinski definition) is 2. The van der Waals surface area contributed by atoms with Gasteiger partial charge in [-0.2, -0.15) is 0 Å². The molecule has 1 unspecified atom stereocenters. The average Bonchev–Trinajstić information content (AvgIpc) is 2.21. The van der Waals surface area contributed by atoms with E-state index >= 15 is 0 Å². The molecule has 80 valence electrons. The molecule has 1 atom stereocenters. The van der Waals surface area contributed by atoms with E-state index in [0.717, 1.165) is 19.5 Å². The summed E-state index contributed by atoms with van der Waals surface area (Å²) in [5.74, 6) is 3.05. The molecule has 0 aromatic heterocycles. The van der Waals surface area contributed by atoms with Gasteiger partial charge < -0.3 is 10.6 Å². The zero-order valence-corrected chi connectivity index (χ0v) is 9.10. The summed E-state index contributed by atoms with van der Waals surface area (Å²) in [6.45, 7) is 6.36. The standard InChI is InChI=1S/C11H20N2O/c1-4-7-13-11(14)6-8-12-9-10(3)5-2/h1,10,12H,5-9H2,2-3H3,(H,13,14). The molecular weight excluding hydrogens is 176 g/mol. The Kier molecular flexibility index (Phi) is 7.96. The zero-order chi connectivity index (χ0) is 10.8. The van der Waals surface area contributed by atoms with Crippen molar-refractivity contribution in [2.75, 3.05) is 19.6 Å². The van der Waals surface area contributed by atoms with Crippen molar-refractivity contribution in [2.24, 2.45) is 5.92 Å². The van der Waals surface area contributed by atoms with Crippen LogP contribution in [0.15, 0.2) is 0 Å². The van der Waals surface area contributed by atoms with Crippen LogP contribution in [0.25, 0.3) is 0 Å². The number of nitrogens with one attached hydrogen (secondary N) is 2. The molecule has 1 amide bonds. The number of rotatable bonds is 7. The highest BCUT2D eigenvalue weighted by molar-refractivity contribution is 5.76. The molecule has 0 heterocycles. The summed E-state index contributed by atoms with van der Waals surface area (Å²) in [7, 11) is 0. The van der Waals surface area contributed by atoms with Gasteiger partial charge in [-0.3, -0.25) is 4.79 Å². The molecule has 14 heavy (non-hydrogen) atoms. The number of carbonyl (C=O) groups is 1. The maximum Gasteiger partial charge on any atom is 0.222 e. The summed E-state index contributed by atoms with van der Waals surface area (Å²) in [6, 6.07) is 0. The molecule has 0 aliphatic carbocycles. The van der Waals surface area contributed by atoms with Gasteiger partial charge in [0.25, 0.3) is 0 Å². The van der Waals surface area contributed by atoms with E-state index < -0.39 is 0 Å². The van der Waals surface area contributed by atoms with E-state index in [9.17, 15) is 4.79 Å². The van der Waals surface area contributed by atoms with Crippen LogP contribution >= 0.6 is 0 Å². The second-order valence-corrected chi connectivity index (χ2v) is 3.45. The van der Waals surface area contributed by atoms with Crippen LogP contribution in [0.3, 0.4) is 0 Å². The fraction of sp³-hybridized carbons (Fsp3) is 0.727. The Balaban J connectivity index is 3.28. The van der Waals surface area contributed by atoms with E-state index in [0.29, 0.717) is 18.9 Å². The minimum absolute atomic E-state index is 0.0135. The van der Waals surface area contributed by atoms with Crippen LogP contribution in [0, 0.1) is 18.3 Å². The molecule has 0 radical (unpaired) electrons. The van der Waals surface area contributed by atoms with Crippen LogP contribution in [-0.4, -0.2) is 25.5 Å². The predicted octanol–water partition coefficient (Wildman–Crippen LogP) is 0.762. The van der Waals surface area contributed by atoms with Crippen molar-refractivity contribution in [3.05, 3.63) is 0 Å². The lowest BCUT2D eigenvalue weighted by atomic mass is 10.1. The average molecular weight is 196 g/mol. The minimum Gasteiger partial charge on any atom is -0.345 e. The molecule has 2 N–H and O–H groups in total. The number of hydrogen-bond donors (Lipinski definition) is 2. The first-order valence-corrected chi connectivity index (χ1v) is 5.11. The Morgan fingerprint density at radius 3 is 2.86 bits per heavy atom. The Labute approximate surface area is 86.6 Å². The summed E-state index contributed by atoms with van der Waals surface area (Å²) in [4.78, 5) is 11.1. The largest absolute Gasteiger partial charge is 0.345 e. The molecule has 0 bridgehead atoms. The number of terminal acetylenes is 1. The van der Waals surface area contributed by atoms with Gasteiger partial charge in [-0.05, 0) is 12.5 Å². The lowest BCUT2D eigenvalue weighted by Gasteiger charge is -2.09. The van der Waals surface area contributed by atoms with Crippen LogP contribution in [-0.2, 0) is 4.79 Å². The van der Waals surface area contributed by atoms with E-state index in [1.165, 1.54) is 0 Å². The van der Waals surface area contributed by atoms with Gasteiger partial charge in [-0.25, -0.2) is 0 Å². The molecule has 3 heteroatoms. The van der Waals surface area contributed by atoms with Crippen molar-refractivity contribution in [3.8, 4) is 12.3 Å². The normalized spacial score (nSPS) is 11.8. The van der Waals surface area contributed by atoms with Gasteiger partial charge in [-0.1, -0.05) is 26.2 Å². The third kappa shape index (κ3) is 7.63. The van der Waals surface area contributed by atoms with Gasteiger partial charge in [0.1, 0.15) is 0 Å². The quantitative estimate of drug-likeness (QED) is 0.466. The van der Waals surface area contributed by atoms with Gasteiger partial charge in [0.2, 0.25) is 5.91 Å². The molecule has 0 spiro atoms. The predicted molar refractivity (Wildman–Crippen MR) is 58.8 cm³/mol. The fourth-order valence-corrected chi connectivity index (χ4v) is 0.933. The molecule has 0 saturated carbocycles. The Morgan fingerprint density at radius 1 is 1.57 bits per heavy atom. The highest BCUT2D eigenvalue weighted by Gasteiger charge is 2.00. The van der Waals surface area contributed by atoms with E-state index in [1.54, 1.807) is 0 Å². The van der Waals surface area contributed by atoms with Crippen molar-refractivity contribution in [2.45, 2.75) is 26.7 Å². The topological polar surface area (TPSA) is 41.1 Å². The van der Waals surface area contributed by atoms with Crippen LogP contribution in [0.4, 0.5) is 0 Å². The second kappa shape index (κ2) is 8.58. The maximum atomic E-state index is 11.1. The third-order valence-corrected chi connectivity index (χ3v) is 2.11. The summed E-state index contributed by atoms with van der Waals surface area (Å²) >= 11 is 0. The van der Waals surface area contributed by atoms with E-state index in [-0.39, 0.29) is 5.91 Å². The Hall–Kier alpha value is -1.01. The number of amides is 1. The van der Waals surface area contributed by atoms with Crippen LogP contribution in [0.2, 0.25) is 0 Å². The first-order chi connectivity index (χ1) is 6.70. The SMILES string of the molecule is C#CCNC(=O)CCNCC(C)CC. The van der Waals surface area contributed by atoms with Gasteiger partial charge in [0.05, 0.1) is 6.54 Å². The van der Waals surface area contributed by atoms with Gasteiger partial charge >= 0.3 is 0 Å². The summed E-state index contributed by atoms with van der Waals surface area (Å²) in [5.41, 5.74) is 0. The van der Waals surface area contributed by atoms with Gasteiger partial charge in [0, 0.05) is 13.0 Å². The van der Waals surface area contributed by atoms with Crippen LogP contribution in [0.5, 0.6) is 0 Å². The highest BCUT2D eigenvalue weighted by atomic mass is 16.1. The van der Waals surface area contributed by atoms with E-state index in [1.807, 2.05) is 0 Å². The van der Waals surface area contributed by atoms with Crippen molar-refractivity contribution >= 4 is 5.91 Å². The summed E-state index contributed by atoms with van der Waals surface area (Å²) < 4.78 is 0. The van der Waals surface area contributed by atoms with Crippen molar-refractivity contribution < 1.29 is 4.79 Å². The fourth-order valence-electron chi connectivity index (χ4n) is 0.933. The molecule has 0 rings (SSSR count). The van der Waals surface area contributed by atoms with E-state index in [2.05, 4.69) is 30.4 Å². The minimum atomic E-state index is 0.0135. The number of carbonyl (C=O) groups excluding carboxylic acids is 1. The molecule has 0 aliphatic rings. The molecule has 0 saturated heterocycles. The van der Waals surface area contributed by atoms with Crippen LogP contribution in [0.1, 0.15) is 26.7 Å². The first kappa shape index (κ1) is 13.0. The lowest BCUT2D eigenvalue weighted by Crippen LogP contribution is -2.29. The van der Waals surface area contributed by atoms with Crippen molar-refractivity contribution in [1.29, 1.82) is 0 Å². The lowest BCUT2D eigenvalue weighted by molar-refractivity contribution is -0.120. The Bertz CT molecular complexity index is 196. The summed E-state index contributed by atoms with van der Waals surface area (Å²) in [6.07, 6.45) is 6.67. The Morgan fingerprint density at radius 2 is 2.29 bits per heavy atom. The smallest absolute Gasteiger partial charge is 0.222 e. The van der Waals surface area contributed by atoms with E-state index in [4.69, 9.17) is 6.42 Å².